The Labute approximate surface area is 126 Å². The van der Waals surface area contributed by atoms with Crippen LogP contribution in [-0.4, -0.2) is 41.1 Å². The smallest absolute Gasteiger partial charge is 0.203 e. The van der Waals surface area contributed by atoms with Crippen molar-refractivity contribution in [3.8, 4) is 17.2 Å². The van der Waals surface area contributed by atoms with E-state index in [9.17, 15) is 0 Å². The summed E-state index contributed by atoms with van der Waals surface area (Å²) < 4.78 is 22.1. The van der Waals surface area contributed by atoms with Crippen LogP contribution in [0.25, 0.3) is 0 Å². The topological polar surface area (TPSA) is 49.0 Å². The molecule has 0 spiro atoms. The van der Waals surface area contributed by atoms with E-state index in [1.807, 2.05) is 19.2 Å². The summed E-state index contributed by atoms with van der Waals surface area (Å²) >= 11 is 0. The van der Waals surface area contributed by atoms with E-state index in [0.29, 0.717) is 17.4 Å². The lowest BCUT2D eigenvalue weighted by Gasteiger charge is -2.28. The largest absolute Gasteiger partial charge is 0.493 e. The molecule has 1 heterocycles. The van der Waals surface area contributed by atoms with Crippen LogP contribution in [0, 0.1) is 5.92 Å². The van der Waals surface area contributed by atoms with E-state index in [2.05, 4.69) is 12.2 Å². The SMILES string of the molecule is CNC(c1ccc(OC)c(OC)c1OC)C1CCOC1C. The normalized spacial score (nSPS) is 22.9. The molecule has 1 aromatic carbocycles. The fraction of sp³-hybridized carbons (Fsp3) is 0.625. The highest BCUT2D eigenvalue weighted by Gasteiger charge is 2.34. The minimum Gasteiger partial charge on any atom is -0.493 e. The highest BCUT2D eigenvalue weighted by molar-refractivity contribution is 5.56. The van der Waals surface area contributed by atoms with Gasteiger partial charge in [0.05, 0.1) is 27.4 Å². The van der Waals surface area contributed by atoms with Gasteiger partial charge < -0.3 is 24.3 Å². The molecule has 1 fully saturated rings. The molecule has 0 aliphatic carbocycles. The van der Waals surface area contributed by atoms with Crippen LogP contribution < -0.4 is 19.5 Å². The zero-order valence-corrected chi connectivity index (χ0v) is 13.4. The number of methoxy groups -OCH3 is 3. The molecular formula is C16H25NO4. The third-order valence-corrected chi connectivity index (χ3v) is 4.24. The van der Waals surface area contributed by atoms with Crippen molar-refractivity contribution in [2.75, 3.05) is 35.0 Å². The van der Waals surface area contributed by atoms with E-state index in [0.717, 1.165) is 24.3 Å². The van der Waals surface area contributed by atoms with Gasteiger partial charge in [0, 0.05) is 24.1 Å². The lowest BCUT2D eigenvalue weighted by atomic mass is 9.87. The van der Waals surface area contributed by atoms with E-state index in [1.165, 1.54) is 0 Å². The van der Waals surface area contributed by atoms with Gasteiger partial charge in [-0.25, -0.2) is 0 Å². The first-order chi connectivity index (χ1) is 10.2. The van der Waals surface area contributed by atoms with Crippen molar-refractivity contribution in [3.63, 3.8) is 0 Å². The minimum absolute atomic E-state index is 0.150. The van der Waals surface area contributed by atoms with Gasteiger partial charge in [-0.1, -0.05) is 0 Å². The van der Waals surface area contributed by atoms with Crippen LogP contribution in [0.15, 0.2) is 12.1 Å². The molecule has 5 heteroatoms. The average Bonchev–Trinajstić information content (AvgIpc) is 2.93. The molecule has 2 rings (SSSR count). The van der Waals surface area contributed by atoms with Crippen LogP contribution in [0.3, 0.4) is 0 Å². The first-order valence-electron chi connectivity index (χ1n) is 7.25. The summed E-state index contributed by atoms with van der Waals surface area (Å²) in [7, 11) is 6.87. The van der Waals surface area contributed by atoms with Crippen molar-refractivity contribution in [3.05, 3.63) is 17.7 Å². The average molecular weight is 295 g/mol. The lowest BCUT2D eigenvalue weighted by Crippen LogP contribution is -2.30. The van der Waals surface area contributed by atoms with Crippen molar-refractivity contribution in [1.82, 2.24) is 5.32 Å². The van der Waals surface area contributed by atoms with Crippen molar-refractivity contribution < 1.29 is 18.9 Å². The number of benzene rings is 1. The molecule has 1 saturated heterocycles. The predicted octanol–water partition coefficient (Wildman–Crippen LogP) is 2.40. The van der Waals surface area contributed by atoms with Crippen LogP contribution >= 0.6 is 0 Å². The summed E-state index contributed by atoms with van der Waals surface area (Å²) in [5, 5.41) is 3.40. The molecule has 3 atom stereocenters. The molecule has 1 aromatic rings. The number of rotatable bonds is 6. The monoisotopic (exact) mass is 295 g/mol. The summed E-state index contributed by atoms with van der Waals surface area (Å²) in [5.74, 6) is 2.42. The molecule has 0 aromatic heterocycles. The number of nitrogens with one attached hydrogen (secondary N) is 1. The third kappa shape index (κ3) is 2.94. The van der Waals surface area contributed by atoms with Gasteiger partial charge in [0.1, 0.15) is 0 Å². The van der Waals surface area contributed by atoms with E-state index in [1.54, 1.807) is 21.3 Å². The Bertz CT molecular complexity index is 478. The summed E-state index contributed by atoms with van der Waals surface area (Å²) in [5.41, 5.74) is 1.07. The second-order valence-corrected chi connectivity index (χ2v) is 5.22. The van der Waals surface area contributed by atoms with Crippen LogP contribution in [-0.2, 0) is 4.74 Å². The number of hydrogen-bond donors (Lipinski definition) is 1. The van der Waals surface area contributed by atoms with Crippen LogP contribution in [0.1, 0.15) is 24.9 Å². The van der Waals surface area contributed by atoms with Crippen LogP contribution in [0.4, 0.5) is 0 Å². The lowest BCUT2D eigenvalue weighted by molar-refractivity contribution is 0.0959. The van der Waals surface area contributed by atoms with Gasteiger partial charge in [-0.15, -0.1) is 0 Å². The van der Waals surface area contributed by atoms with Gasteiger partial charge in [0.25, 0.3) is 0 Å². The molecule has 1 N–H and O–H groups in total. The molecule has 3 unspecified atom stereocenters. The van der Waals surface area contributed by atoms with Crippen molar-refractivity contribution >= 4 is 0 Å². The summed E-state index contributed by atoms with van der Waals surface area (Å²) in [6, 6.07) is 4.10. The predicted molar refractivity (Wildman–Crippen MR) is 81.4 cm³/mol. The Hall–Kier alpha value is -1.46. The molecular weight excluding hydrogens is 270 g/mol. The minimum atomic E-state index is 0.150. The number of hydrogen-bond acceptors (Lipinski definition) is 5. The maximum atomic E-state index is 5.71. The third-order valence-electron chi connectivity index (χ3n) is 4.24. The molecule has 0 bridgehead atoms. The highest BCUT2D eigenvalue weighted by atomic mass is 16.5. The molecule has 1 aliphatic rings. The quantitative estimate of drug-likeness (QED) is 0.873. The Morgan fingerprint density at radius 3 is 2.33 bits per heavy atom. The Balaban J connectivity index is 2.45. The van der Waals surface area contributed by atoms with Gasteiger partial charge in [0.2, 0.25) is 5.75 Å². The Kier molecular flexibility index (Phi) is 5.31. The first kappa shape index (κ1) is 15.9. The zero-order chi connectivity index (χ0) is 15.4. The van der Waals surface area contributed by atoms with E-state index >= 15 is 0 Å². The first-order valence-corrected chi connectivity index (χ1v) is 7.25. The van der Waals surface area contributed by atoms with E-state index in [4.69, 9.17) is 18.9 Å². The van der Waals surface area contributed by atoms with Gasteiger partial charge in [-0.3, -0.25) is 0 Å². The van der Waals surface area contributed by atoms with Gasteiger partial charge in [-0.2, -0.15) is 0 Å². The molecule has 0 saturated carbocycles. The second-order valence-electron chi connectivity index (χ2n) is 5.22. The summed E-state index contributed by atoms with van der Waals surface area (Å²) in [6.07, 6.45) is 1.25. The number of ether oxygens (including phenoxy) is 4. The summed E-state index contributed by atoms with van der Waals surface area (Å²) in [4.78, 5) is 0. The molecule has 0 radical (unpaired) electrons. The summed E-state index contributed by atoms with van der Waals surface area (Å²) in [6.45, 7) is 2.93. The van der Waals surface area contributed by atoms with Gasteiger partial charge in [0.15, 0.2) is 11.5 Å². The van der Waals surface area contributed by atoms with Crippen molar-refractivity contribution in [2.45, 2.75) is 25.5 Å². The van der Waals surface area contributed by atoms with Crippen LogP contribution in [0.5, 0.6) is 17.2 Å². The fourth-order valence-electron chi connectivity index (χ4n) is 3.16. The van der Waals surface area contributed by atoms with E-state index < -0.39 is 0 Å². The van der Waals surface area contributed by atoms with Gasteiger partial charge in [-0.05, 0) is 32.5 Å². The molecule has 1 aliphatic heterocycles. The fourth-order valence-corrected chi connectivity index (χ4v) is 3.16. The molecule has 0 amide bonds. The Morgan fingerprint density at radius 1 is 1.14 bits per heavy atom. The second kappa shape index (κ2) is 7.00. The van der Waals surface area contributed by atoms with Gasteiger partial charge >= 0.3 is 0 Å². The highest BCUT2D eigenvalue weighted by Crippen LogP contribution is 2.45. The standard InChI is InChI=1S/C16H25NO4/c1-10-11(8-9-21-10)14(17-2)12-6-7-13(18-3)16(20-5)15(12)19-4/h6-7,10-11,14,17H,8-9H2,1-5H3. The Morgan fingerprint density at radius 2 is 1.86 bits per heavy atom. The maximum absolute atomic E-state index is 5.71. The molecule has 118 valence electrons. The zero-order valence-electron chi connectivity index (χ0n) is 13.4. The van der Waals surface area contributed by atoms with Crippen molar-refractivity contribution in [1.29, 1.82) is 0 Å². The molecule has 21 heavy (non-hydrogen) atoms. The van der Waals surface area contributed by atoms with E-state index in [-0.39, 0.29) is 12.1 Å². The maximum Gasteiger partial charge on any atom is 0.203 e. The van der Waals surface area contributed by atoms with Crippen LogP contribution in [0.2, 0.25) is 0 Å². The van der Waals surface area contributed by atoms with Crippen molar-refractivity contribution in [2.24, 2.45) is 5.92 Å². The molecule has 5 nitrogen and oxygen atoms in total.